The summed E-state index contributed by atoms with van der Waals surface area (Å²) in [5, 5.41) is 2.07. The first-order chi connectivity index (χ1) is 12.9. The Hall–Kier alpha value is -2.55. The highest BCUT2D eigenvalue weighted by Gasteiger charge is 2.30. The summed E-state index contributed by atoms with van der Waals surface area (Å²) in [6, 6.07) is 10.1. The van der Waals surface area contributed by atoms with Crippen molar-refractivity contribution >= 4 is 13.5 Å². The van der Waals surface area contributed by atoms with Crippen LogP contribution >= 0.6 is 7.60 Å². The van der Waals surface area contributed by atoms with Crippen LogP contribution in [0.4, 0.5) is 13.2 Å². The van der Waals surface area contributed by atoms with Gasteiger partial charge >= 0.3 is 13.8 Å². The lowest BCUT2D eigenvalue weighted by Gasteiger charge is -2.15. The number of ether oxygens (including phenoxy) is 2. The second kappa shape index (κ2) is 8.64. The van der Waals surface area contributed by atoms with Gasteiger partial charge in [-0.05, 0) is 55.5 Å². The van der Waals surface area contributed by atoms with Crippen molar-refractivity contribution in [1.82, 2.24) is 5.32 Å². The first-order valence-electron chi connectivity index (χ1n) is 7.88. The summed E-state index contributed by atoms with van der Waals surface area (Å²) >= 11 is 0. The molecule has 0 heterocycles. The number of hydrogen-bond acceptors (Lipinski definition) is 4. The Labute approximate surface area is 158 Å². The lowest BCUT2D eigenvalue weighted by molar-refractivity contribution is -0.137. The van der Waals surface area contributed by atoms with Gasteiger partial charge in [-0.2, -0.15) is 13.2 Å². The third-order valence-corrected chi connectivity index (χ3v) is 3.95. The molecule has 0 bridgehead atoms. The molecular formula is C17H17F3NO6P. The molecule has 0 aliphatic rings. The Morgan fingerprint density at radius 3 is 1.96 bits per heavy atom. The minimum absolute atomic E-state index is 0.215. The molecule has 2 rings (SSSR count). The molecule has 0 spiro atoms. The van der Waals surface area contributed by atoms with Crippen LogP contribution in [0.5, 0.6) is 17.2 Å². The first kappa shape index (κ1) is 21.7. The van der Waals surface area contributed by atoms with E-state index in [1.807, 2.05) is 0 Å². The summed E-state index contributed by atoms with van der Waals surface area (Å²) in [5.41, 5.74) is -0.783. The third kappa shape index (κ3) is 6.88. The molecule has 0 radical (unpaired) electrons. The summed E-state index contributed by atoms with van der Waals surface area (Å²) in [6.07, 6.45) is -6.22. The molecule has 3 N–H and O–H groups in total. The van der Waals surface area contributed by atoms with E-state index in [0.29, 0.717) is 11.5 Å². The van der Waals surface area contributed by atoms with Crippen LogP contribution in [-0.2, 0) is 15.5 Å². The van der Waals surface area contributed by atoms with Crippen LogP contribution in [0, 0.1) is 0 Å². The van der Waals surface area contributed by atoms with Crippen LogP contribution in [0.15, 0.2) is 48.5 Å². The normalized spacial score (nSPS) is 12.9. The van der Waals surface area contributed by atoms with Crippen molar-refractivity contribution in [2.45, 2.75) is 19.2 Å². The number of hydrogen-bond donors (Lipinski definition) is 3. The van der Waals surface area contributed by atoms with Gasteiger partial charge in [0.25, 0.3) is 5.91 Å². The Bertz CT molecular complexity index is 849. The maximum atomic E-state index is 12.5. The molecule has 1 unspecified atom stereocenters. The zero-order valence-electron chi connectivity index (χ0n) is 14.5. The summed E-state index contributed by atoms with van der Waals surface area (Å²) in [5.74, 6) is 0.143. The van der Waals surface area contributed by atoms with E-state index in [-0.39, 0.29) is 5.75 Å². The predicted octanol–water partition coefficient (Wildman–Crippen LogP) is 3.52. The Balaban J connectivity index is 1.92. The van der Waals surface area contributed by atoms with Gasteiger partial charge in [0.05, 0.1) is 5.56 Å². The Morgan fingerprint density at radius 2 is 1.50 bits per heavy atom. The molecule has 0 saturated heterocycles. The average Bonchev–Trinajstić information content (AvgIpc) is 2.60. The topological polar surface area (TPSA) is 105 Å². The van der Waals surface area contributed by atoms with Crippen molar-refractivity contribution in [1.29, 1.82) is 0 Å². The number of carbonyl (C=O) groups excluding carboxylic acids is 1. The molecule has 1 atom stereocenters. The van der Waals surface area contributed by atoms with Crippen LogP contribution in [0.25, 0.3) is 0 Å². The molecule has 2 aromatic carbocycles. The van der Waals surface area contributed by atoms with E-state index in [0.717, 1.165) is 12.1 Å². The largest absolute Gasteiger partial charge is 0.481 e. The second-order valence-electron chi connectivity index (χ2n) is 5.72. The van der Waals surface area contributed by atoms with Crippen molar-refractivity contribution in [3.8, 4) is 17.2 Å². The van der Waals surface area contributed by atoms with Gasteiger partial charge in [0.1, 0.15) is 23.5 Å². The number of benzene rings is 2. The van der Waals surface area contributed by atoms with Crippen molar-refractivity contribution in [3.05, 3.63) is 54.1 Å². The first-order valence-corrected chi connectivity index (χ1v) is 9.68. The molecular weight excluding hydrogens is 402 g/mol. The fourth-order valence-corrected chi connectivity index (χ4v) is 2.38. The van der Waals surface area contributed by atoms with E-state index in [1.54, 1.807) is 0 Å². The van der Waals surface area contributed by atoms with Crippen LogP contribution in [0.1, 0.15) is 12.5 Å². The van der Waals surface area contributed by atoms with Gasteiger partial charge in [-0.15, -0.1) is 0 Å². The minimum atomic E-state index is -4.42. The smallest absolute Gasteiger partial charge is 0.416 e. The molecule has 1 amide bonds. The zero-order chi connectivity index (χ0) is 20.9. The molecule has 11 heteroatoms. The van der Waals surface area contributed by atoms with E-state index in [9.17, 15) is 22.5 Å². The summed E-state index contributed by atoms with van der Waals surface area (Å²) in [4.78, 5) is 29.2. The highest BCUT2D eigenvalue weighted by atomic mass is 31.2. The molecule has 0 fully saturated rings. The van der Waals surface area contributed by atoms with Gasteiger partial charge in [-0.25, -0.2) is 0 Å². The van der Waals surface area contributed by atoms with E-state index >= 15 is 0 Å². The number of amides is 1. The van der Waals surface area contributed by atoms with Crippen LogP contribution in [0.2, 0.25) is 0 Å². The maximum absolute atomic E-state index is 12.5. The van der Waals surface area contributed by atoms with Gasteiger partial charge in [0.2, 0.25) is 0 Å². The maximum Gasteiger partial charge on any atom is 0.416 e. The average molecular weight is 419 g/mol. The minimum Gasteiger partial charge on any atom is -0.481 e. The predicted molar refractivity (Wildman–Crippen MR) is 93.1 cm³/mol. The van der Waals surface area contributed by atoms with Gasteiger partial charge < -0.3 is 24.6 Å². The van der Waals surface area contributed by atoms with E-state index in [2.05, 4.69) is 5.32 Å². The number of halogens is 3. The summed E-state index contributed by atoms with van der Waals surface area (Å²) < 4.78 is 59.1. The molecule has 0 saturated carbocycles. The number of carbonyl (C=O) groups is 1. The molecule has 7 nitrogen and oxygen atoms in total. The van der Waals surface area contributed by atoms with Crippen molar-refractivity contribution in [2.24, 2.45) is 0 Å². The SMILES string of the molecule is CC(Oc1ccc(Oc2ccc(C(F)(F)F)cc2)cc1)C(=O)NCP(=O)(O)O. The monoisotopic (exact) mass is 419 g/mol. The highest BCUT2D eigenvalue weighted by Crippen LogP contribution is 2.32. The van der Waals surface area contributed by atoms with Crippen LogP contribution in [0.3, 0.4) is 0 Å². The van der Waals surface area contributed by atoms with Gasteiger partial charge in [-0.1, -0.05) is 0 Å². The highest BCUT2D eigenvalue weighted by molar-refractivity contribution is 7.51. The van der Waals surface area contributed by atoms with Crippen LogP contribution in [-0.4, -0.2) is 28.1 Å². The lowest BCUT2D eigenvalue weighted by Crippen LogP contribution is -2.36. The molecule has 0 aliphatic carbocycles. The second-order valence-corrected chi connectivity index (χ2v) is 7.37. The molecule has 28 heavy (non-hydrogen) atoms. The number of alkyl halides is 3. The van der Waals surface area contributed by atoms with Gasteiger partial charge in [-0.3, -0.25) is 9.36 Å². The standard InChI is InChI=1S/C17H17F3NO6P/c1-11(16(22)21-10-28(23,24)25)26-13-6-8-15(9-7-13)27-14-4-2-12(3-5-14)17(18,19)20/h2-9,11H,10H2,1H3,(H,21,22)(H2,23,24,25). The number of rotatable bonds is 7. The Kier molecular flexibility index (Phi) is 6.71. The van der Waals surface area contributed by atoms with Crippen molar-refractivity contribution < 1.29 is 41.8 Å². The van der Waals surface area contributed by atoms with Gasteiger partial charge in [0.15, 0.2) is 6.10 Å². The fraction of sp³-hybridized carbons (Fsp3) is 0.235. The third-order valence-electron chi connectivity index (χ3n) is 3.38. The van der Waals surface area contributed by atoms with Gasteiger partial charge in [0, 0.05) is 0 Å². The molecule has 152 valence electrons. The van der Waals surface area contributed by atoms with E-state index < -0.39 is 37.6 Å². The van der Waals surface area contributed by atoms with Crippen molar-refractivity contribution in [3.63, 3.8) is 0 Å². The molecule has 2 aromatic rings. The molecule has 0 aromatic heterocycles. The summed E-state index contributed by atoms with van der Waals surface area (Å²) in [7, 11) is -4.36. The molecule has 0 aliphatic heterocycles. The van der Waals surface area contributed by atoms with E-state index in [1.165, 1.54) is 43.3 Å². The Morgan fingerprint density at radius 1 is 1.04 bits per heavy atom. The summed E-state index contributed by atoms with van der Waals surface area (Å²) in [6.45, 7) is 1.40. The number of nitrogens with one attached hydrogen (secondary N) is 1. The fourth-order valence-electron chi connectivity index (χ4n) is 2.02. The quantitative estimate of drug-likeness (QED) is 0.594. The lowest BCUT2D eigenvalue weighted by atomic mass is 10.2. The van der Waals surface area contributed by atoms with Crippen LogP contribution < -0.4 is 14.8 Å². The van der Waals surface area contributed by atoms with Crippen molar-refractivity contribution in [2.75, 3.05) is 6.29 Å². The zero-order valence-corrected chi connectivity index (χ0v) is 15.4. The van der Waals surface area contributed by atoms with E-state index in [4.69, 9.17) is 19.3 Å².